The molecular formula is C33H22Cl2N2O3. The molecule has 5 nitrogen and oxygen atoms in total. The molecule has 1 spiro atoms. The first kappa shape index (κ1) is 24.8. The highest BCUT2D eigenvalue weighted by atomic mass is 35.5. The van der Waals surface area contributed by atoms with Gasteiger partial charge in [0.2, 0.25) is 5.91 Å². The van der Waals surface area contributed by atoms with Gasteiger partial charge in [-0.15, -0.1) is 0 Å². The molecule has 4 aromatic carbocycles. The highest BCUT2D eigenvalue weighted by molar-refractivity contribution is 6.31. The van der Waals surface area contributed by atoms with E-state index in [0.717, 1.165) is 11.3 Å². The summed E-state index contributed by atoms with van der Waals surface area (Å²) in [4.78, 5) is 45.5. The molecule has 1 N–H and O–H groups in total. The SMILES string of the molecule is O=C(c1ccccc1)[C@@H]1[C@@H](C(=O)c2ccc(Cl)cc2)[C@]2(C(=O)Nc3ccccc32)[C@H]2C=Cc3cc(Cl)ccc3N12. The Kier molecular flexibility index (Phi) is 5.70. The zero-order chi connectivity index (χ0) is 27.6. The topological polar surface area (TPSA) is 66.5 Å². The van der Waals surface area contributed by atoms with Crippen LogP contribution in [0.3, 0.4) is 0 Å². The lowest BCUT2D eigenvalue weighted by molar-refractivity contribution is -0.121. The van der Waals surface area contributed by atoms with Crippen LogP contribution in [0.5, 0.6) is 0 Å². The minimum atomic E-state index is -1.36. The monoisotopic (exact) mass is 564 g/mol. The van der Waals surface area contributed by atoms with E-state index in [1.54, 1.807) is 54.6 Å². The third kappa shape index (κ3) is 3.44. The largest absolute Gasteiger partial charge is 0.352 e. The molecular weight excluding hydrogens is 543 g/mol. The number of halogens is 2. The number of amides is 1. The van der Waals surface area contributed by atoms with Crippen molar-refractivity contribution in [2.75, 3.05) is 10.2 Å². The summed E-state index contributed by atoms with van der Waals surface area (Å²) in [5.74, 6) is -1.87. The molecule has 7 rings (SSSR count). The zero-order valence-corrected chi connectivity index (χ0v) is 22.6. The van der Waals surface area contributed by atoms with E-state index in [9.17, 15) is 14.4 Å². The number of ketones is 2. The third-order valence-corrected chi connectivity index (χ3v) is 8.82. The number of fused-ring (bicyclic) bond motifs is 6. The molecule has 196 valence electrons. The van der Waals surface area contributed by atoms with Crippen LogP contribution in [-0.2, 0) is 10.2 Å². The molecule has 1 saturated heterocycles. The second kappa shape index (κ2) is 9.19. The van der Waals surface area contributed by atoms with Gasteiger partial charge in [-0.05, 0) is 59.7 Å². The quantitative estimate of drug-likeness (QED) is 0.275. The Morgan fingerprint density at radius 2 is 1.45 bits per heavy atom. The number of carbonyl (C=O) groups is 3. The Morgan fingerprint density at radius 3 is 2.23 bits per heavy atom. The summed E-state index contributed by atoms with van der Waals surface area (Å²) in [5, 5.41) is 4.08. The molecule has 0 unspecified atom stereocenters. The van der Waals surface area contributed by atoms with E-state index in [1.807, 2.05) is 59.5 Å². The summed E-state index contributed by atoms with van der Waals surface area (Å²) in [5.41, 5.74) is 2.39. The third-order valence-electron chi connectivity index (χ3n) is 8.33. The van der Waals surface area contributed by atoms with Crippen molar-refractivity contribution in [1.29, 1.82) is 0 Å². The van der Waals surface area contributed by atoms with E-state index in [2.05, 4.69) is 5.32 Å². The second-order valence-corrected chi connectivity index (χ2v) is 11.2. The average molecular weight is 565 g/mol. The van der Waals surface area contributed by atoms with Crippen molar-refractivity contribution < 1.29 is 14.4 Å². The summed E-state index contributed by atoms with van der Waals surface area (Å²) in [6, 6.07) is 26.9. The van der Waals surface area contributed by atoms with Crippen molar-refractivity contribution in [3.8, 4) is 0 Å². The van der Waals surface area contributed by atoms with E-state index in [4.69, 9.17) is 23.2 Å². The maximum atomic E-state index is 14.7. The van der Waals surface area contributed by atoms with Gasteiger partial charge in [0.1, 0.15) is 11.5 Å². The van der Waals surface area contributed by atoms with E-state index in [1.165, 1.54) is 0 Å². The average Bonchev–Trinajstić information content (AvgIpc) is 3.45. The maximum Gasteiger partial charge on any atom is 0.238 e. The fraction of sp³-hybridized carbons (Fsp3) is 0.121. The number of carbonyl (C=O) groups excluding carboxylic acids is 3. The summed E-state index contributed by atoms with van der Waals surface area (Å²) in [7, 11) is 0. The van der Waals surface area contributed by atoms with Gasteiger partial charge in [0.05, 0.1) is 12.0 Å². The van der Waals surface area contributed by atoms with Crippen LogP contribution in [0.25, 0.3) is 6.08 Å². The van der Waals surface area contributed by atoms with Gasteiger partial charge in [-0.3, -0.25) is 14.4 Å². The van der Waals surface area contributed by atoms with Crippen LogP contribution in [0, 0.1) is 5.92 Å². The van der Waals surface area contributed by atoms with Crippen molar-refractivity contribution in [3.63, 3.8) is 0 Å². The van der Waals surface area contributed by atoms with Crippen molar-refractivity contribution in [2.45, 2.75) is 17.5 Å². The number of rotatable bonds is 4. The number of nitrogens with one attached hydrogen (secondary N) is 1. The smallest absolute Gasteiger partial charge is 0.238 e. The highest BCUT2D eigenvalue weighted by Gasteiger charge is 2.70. The number of Topliss-reactive ketones (excluding diaryl/α,β-unsaturated/α-hetero) is 2. The maximum absolute atomic E-state index is 14.7. The van der Waals surface area contributed by atoms with Gasteiger partial charge in [-0.2, -0.15) is 0 Å². The summed E-state index contributed by atoms with van der Waals surface area (Å²) in [6.07, 6.45) is 3.86. The fourth-order valence-corrected chi connectivity index (χ4v) is 7.02. The number of para-hydroxylation sites is 1. The summed E-state index contributed by atoms with van der Waals surface area (Å²) >= 11 is 12.5. The normalized spacial score (nSPS) is 23.9. The minimum Gasteiger partial charge on any atom is -0.352 e. The number of hydrogen-bond acceptors (Lipinski definition) is 4. The van der Waals surface area contributed by atoms with Gasteiger partial charge in [-0.1, -0.05) is 83.9 Å². The molecule has 3 heterocycles. The Labute approximate surface area is 241 Å². The molecule has 7 heteroatoms. The van der Waals surface area contributed by atoms with E-state index >= 15 is 0 Å². The van der Waals surface area contributed by atoms with Crippen LogP contribution in [0.4, 0.5) is 11.4 Å². The Hall–Kier alpha value is -4.19. The molecule has 1 fully saturated rings. The Morgan fingerprint density at radius 1 is 0.775 bits per heavy atom. The summed E-state index contributed by atoms with van der Waals surface area (Å²) < 4.78 is 0. The van der Waals surface area contributed by atoms with Crippen LogP contribution >= 0.6 is 23.2 Å². The van der Waals surface area contributed by atoms with Crippen molar-refractivity contribution in [1.82, 2.24) is 0 Å². The molecule has 0 radical (unpaired) electrons. The van der Waals surface area contributed by atoms with E-state index in [0.29, 0.717) is 32.4 Å². The molecule has 0 aliphatic carbocycles. The number of nitrogens with zero attached hydrogens (tertiary/aromatic N) is 1. The van der Waals surface area contributed by atoms with Gasteiger partial charge in [0.25, 0.3) is 0 Å². The van der Waals surface area contributed by atoms with Gasteiger partial charge in [0.15, 0.2) is 11.6 Å². The zero-order valence-electron chi connectivity index (χ0n) is 21.1. The van der Waals surface area contributed by atoms with Crippen LogP contribution in [0.2, 0.25) is 10.0 Å². The Bertz CT molecular complexity index is 1730. The van der Waals surface area contributed by atoms with Gasteiger partial charge in [0, 0.05) is 32.5 Å². The van der Waals surface area contributed by atoms with Crippen molar-refractivity contribution in [3.05, 3.63) is 135 Å². The van der Waals surface area contributed by atoms with Crippen LogP contribution in [-0.4, -0.2) is 29.6 Å². The van der Waals surface area contributed by atoms with Crippen LogP contribution in [0.15, 0.2) is 103 Å². The first-order valence-corrected chi connectivity index (χ1v) is 13.7. The molecule has 3 aliphatic heterocycles. The molecule has 0 aromatic heterocycles. The molecule has 0 bridgehead atoms. The molecule has 1 amide bonds. The molecule has 4 aromatic rings. The lowest BCUT2D eigenvalue weighted by Gasteiger charge is -2.37. The predicted octanol–water partition coefficient (Wildman–Crippen LogP) is 6.85. The van der Waals surface area contributed by atoms with E-state index in [-0.39, 0.29) is 17.5 Å². The van der Waals surface area contributed by atoms with Crippen molar-refractivity contribution in [2.24, 2.45) is 5.92 Å². The van der Waals surface area contributed by atoms with Gasteiger partial charge < -0.3 is 10.2 Å². The molecule has 40 heavy (non-hydrogen) atoms. The first-order chi connectivity index (χ1) is 19.4. The lowest BCUT2D eigenvalue weighted by Crippen LogP contribution is -2.51. The fourth-order valence-electron chi connectivity index (χ4n) is 6.72. The van der Waals surface area contributed by atoms with Crippen LogP contribution < -0.4 is 10.2 Å². The molecule has 0 saturated carbocycles. The first-order valence-electron chi connectivity index (χ1n) is 13.0. The van der Waals surface area contributed by atoms with Gasteiger partial charge in [-0.25, -0.2) is 0 Å². The molecule has 3 aliphatic rings. The van der Waals surface area contributed by atoms with Gasteiger partial charge >= 0.3 is 0 Å². The van der Waals surface area contributed by atoms with Crippen LogP contribution in [0.1, 0.15) is 31.8 Å². The summed E-state index contributed by atoms with van der Waals surface area (Å²) in [6.45, 7) is 0. The lowest BCUT2D eigenvalue weighted by atomic mass is 9.64. The predicted molar refractivity (Wildman–Crippen MR) is 157 cm³/mol. The number of anilines is 2. The number of benzene rings is 4. The Balaban J connectivity index is 1.54. The number of hydrogen-bond donors (Lipinski definition) is 1. The van der Waals surface area contributed by atoms with Crippen molar-refractivity contribution >= 4 is 58.1 Å². The standard InChI is InChI=1S/C33H22Cl2N2O3/c34-22-13-10-20(11-14-22)30(38)28-29(31(39)19-6-2-1-3-7-19)37-26-16-15-23(35)18-21(26)12-17-27(37)33(28)24-8-4-5-9-25(24)36-32(33)40/h1-18,27-29H,(H,36,40)/t27-,28+,29+,33-/m1/s1. The second-order valence-electron chi connectivity index (χ2n) is 10.3. The highest BCUT2D eigenvalue weighted by Crippen LogP contribution is 2.58. The molecule has 4 atom stereocenters. The minimum absolute atomic E-state index is 0.233. The van der Waals surface area contributed by atoms with E-state index < -0.39 is 23.4 Å².